The molecular weight excluding hydrogens is 204 g/mol. The maximum Gasteiger partial charge on any atom is 0.237 e. The molecule has 0 N–H and O–H groups in total. The molecule has 0 unspecified atom stereocenters. The molecule has 0 saturated carbocycles. The fraction of sp³-hybridized carbons (Fsp3) is 0. The van der Waals surface area contributed by atoms with E-state index in [0.29, 0.717) is 17.1 Å². The summed E-state index contributed by atoms with van der Waals surface area (Å²) in [6, 6.07) is 15.8. The zero-order valence-corrected chi connectivity index (χ0v) is 8.42. The van der Waals surface area contributed by atoms with E-state index in [-0.39, 0.29) is 0 Å². The lowest BCUT2D eigenvalue weighted by molar-refractivity contribution is -0.100. The van der Waals surface area contributed by atoms with E-state index in [1.807, 2.05) is 18.2 Å². The van der Waals surface area contributed by atoms with Gasteiger partial charge in [-0.25, -0.2) is 0 Å². The molecule has 0 aliphatic carbocycles. The lowest BCUT2D eigenvalue weighted by Crippen LogP contribution is -2.02. The second kappa shape index (κ2) is 4.98. The minimum absolute atomic E-state index is 0.332. The van der Waals surface area contributed by atoms with Gasteiger partial charge in [0, 0.05) is 0 Å². The molecule has 0 spiro atoms. The number of para-hydroxylation sites is 2. The van der Waals surface area contributed by atoms with Crippen molar-refractivity contribution in [1.82, 2.24) is 0 Å². The van der Waals surface area contributed by atoms with Crippen LogP contribution in [0, 0.1) is 0 Å². The van der Waals surface area contributed by atoms with Gasteiger partial charge in [0.2, 0.25) is 6.29 Å². The molecule has 2 aromatic rings. The molecule has 0 aliphatic heterocycles. The van der Waals surface area contributed by atoms with Gasteiger partial charge < -0.3 is 0 Å². The van der Waals surface area contributed by atoms with Crippen LogP contribution in [0.3, 0.4) is 0 Å². The molecule has 1 radical (unpaired) electrons. The molecule has 79 valence electrons. The summed E-state index contributed by atoms with van der Waals surface area (Å²) in [6.07, 6.45) is 1.78. The minimum atomic E-state index is 0.332. The van der Waals surface area contributed by atoms with Gasteiger partial charge >= 0.3 is 0 Å². The summed E-state index contributed by atoms with van der Waals surface area (Å²) in [7, 11) is 0. The first-order chi connectivity index (χ1) is 7.90. The average molecular weight is 213 g/mol. The van der Waals surface area contributed by atoms with Crippen LogP contribution in [0.5, 0.6) is 11.5 Å². The third kappa shape index (κ3) is 2.39. The SMILES string of the molecule is O=[C]c1ccccc1OOc1ccccc1. The highest BCUT2D eigenvalue weighted by atomic mass is 17.2. The van der Waals surface area contributed by atoms with Crippen LogP contribution in [0.25, 0.3) is 0 Å². The fourth-order valence-electron chi connectivity index (χ4n) is 1.19. The zero-order chi connectivity index (χ0) is 11.2. The van der Waals surface area contributed by atoms with Crippen molar-refractivity contribution in [2.75, 3.05) is 0 Å². The molecule has 3 heteroatoms. The second-order valence-electron chi connectivity index (χ2n) is 3.08. The predicted molar refractivity (Wildman–Crippen MR) is 58.9 cm³/mol. The number of hydrogen-bond donors (Lipinski definition) is 0. The van der Waals surface area contributed by atoms with Gasteiger partial charge in [-0.1, -0.05) is 30.3 Å². The van der Waals surface area contributed by atoms with Crippen LogP contribution in [0.4, 0.5) is 0 Å². The standard InChI is InChI=1S/C13H9O3/c14-10-11-6-4-5-9-13(11)16-15-12-7-2-1-3-8-12/h1-9H. The Morgan fingerprint density at radius 1 is 0.812 bits per heavy atom. The Bertz CT molecular complexity index is 466. The normalized spacial score (nSPS) is 9.50. The first-order valence-electron chi connectivity index (χ1n) is 4.77. The molecule has 2 aromatic carbocycles. The molecule has 0 aliphatic rings. The molecule has 0 heterocycles. The van der Waals surface area contributed by atoms with E-state index >= 15 is 0 Å². The van der Waals surface area contributed by atoms with E-state index in [4.69, 9.17) is 9.78 Å². The van der Waals surface area contributed by atoms with Gasteiger partial charge in [-0.3, -0.25) is 14.6 Å². The molecule has 0 amide bonds. The van der Waals surface area contributed by atoms with E-state index in [9.17, 15) is 4.79 Å². The van der Waals surface area contributed by atoms with Gasteiger partial charge in [0.05, 0.1) is 5.56 Å². The highest BCUT2D eigenvalue weighted by molar-refractivity contribution is 5.79. The van der Waals surface area contributed by atoms with Gasteiger partial charge in [-0.15, -0.1) is 0 Å². The molecular formula is C13H9O3. The Kier molecular flexibility index (Phi) is 3.18. The number of carbonyl (C=O) groups excluding carboxylic acids is 1. The molecule has 0 saturated heterocycles. The smallest absolute Gasteiger partial charge is 0.237 e. The predicted octanol–water partition coefficient (Wildman–Crippen LogP) is 2.52. The number of hydrogen-bond acceptors (Lipinski definition) is 3. The molecule has 0 fully saturated rings. The summed E-state index contributed by atoms with van der Waals surface area (Å²) < 4.78 is 0. The molecule has 0 bridgehead atoms. The van der Waals surface area contributed by atoms with E-state index in [2.05, 4.69) is 0 Å². The first kappa shape index (κ1) is 10.2. The lowest BCUT2D eigenvalue weighted by atomic mass is 10.2. The Labute approximate surface area is 93.2 Å². The third-order valence-corrected chi connectivity index (χ3v) is 1.97. The van der Waals surface area contributed by atoms with Crippen molar-refractivity contribution in [1.29, 1.82) is 0 Å². The fourth-order valence-corrected chi connectivity index (χ4v) is 1.19. The molecule has 2 rings (SSSR count). The van der Waals surface area contributed by atoms with E-state index in [1.165, 1.54) is 0 Å². The van der Waals surface area contributed by atoms with Crippen LogP contribution in [0.15, 0.2) is 54.6 Å². The molecule has 3 nitrogen and oxygen atoms in total. The van der Waals surface area contributed by atoms with Crippen LogP contribution in [-0.2, 0) is 4.79 Å². The quantitative estimate of drug-likeness (QED) is 0.578. The Morgan fingerprint density at radius 2 is 1.50 bits per heavy atom. The van der Waals surface area contributed by atoms with E-state index < -0.39 is 0 Å². The van der Waals surface area contributed by atoms with E-state index in [0.717, 1.165) is 0 Å². The van der Waals surface area contributed by atoms with Gasteiger partial charge in [0.25, 0.3) is 0 Å². The highest BCUT2D eigenvalue weighted by Crippen LogP contribution is 2.17. The van der Waals surface area contributed by atoms with Crippen LogP contribution < -0.4 is 9.78 Å². The van der Waals surface area contributed by atoms with E-state index in [1.54, 1.807) is 42.7 Å². The largest absolute Gasteiger partial charge is 0.290 e. The molecule has 0 aromatic heterocycles. The van der Waals surface area contributed by atoms with Crippen molar-refractivity contribution in [3.8, 4) is 11.5 Å². The van der Waals surface area contributed by atoms with Crippen molar-refractivity contribution < 1.29 is 14.6 Å². The lowest BCUT2D eigenvalue weighted by Gasteiger charge is -2.06. The van der Waals surface area contributed by atoms with Crippen LogP contribution in [-0.4, -0.2) is 6.29 Å². The van der Waals surface area contributed by atoms with Crippen molar-refractivity contribution in [3.05, 3.63) is 60.2 Å². The maximum atomic E-state index is 10.6. The molecule has 0 atom stereocenters. The van der Waals surface area contributed by atoms with Crippen LogP contribution >= 0.6 is 0 Å². The van der Waals surface area contributed by atoms with Gasteiger partial charge in [-0.05, 0) is 24.3 Å². The molecule has 16 heavy (non-hydrogen) atoms. The summed E-state index contributed by atoms with van der Waals surface area (Å²) in [6.45, 7) is 0. The second-order valence-corrected chi connectivity index (χ2v) is 3.08. The minimum Gasteiger partial charge on any atom is -0.290 e. The van der Waals surface area contributed by atoms with Gasteiger partial charge in [0.15, 0.2) is 11.5 Å². The van der Waals surface area contributed by atoms with Crippen LogP contribution in [0.1, 0.15) is 5.56 Å². The Hall–Kier alpha value is -2.29. The summed E-state index contributed by atoms with van der Waals surface area (Å²) in [4.78, 5) is 20.7. The summed E-state index contributed by atoms with van der Waals surface area (Å²) in [5.74, 6) is 0.921. The Morgan fingerprint density at radius 3 is 2.25 bits per heavy atom. The average Bonchev–Trinajstić information content (AvgIpc) is 2.38. The number of benzene rings is 2. The van der Waals surface area contributed by atoms with Crippen molar-refractivity contribution >= 4 is 6.29 Å². The topological polar surface area (TPSA) is 35.5 Å². The van der Waals surface area contributed by atoms with Gasteiger partial charge in [-0.2, -0.15) is 0 Å². The summed E-state index contributed by atoms with van der Waals surface area (Å²) in [5.41, 5.74) is 0.332. The van der Waals surface area contributed by atoms with Crippen molar-refractivity contribution in [3.63, 3.8) is 0 Å². The first-order valence-corrected chi connectivity index (χ1v) is 4.77. The Balaban J connectivity index is 2.08. The summed E-state index contributed by atoms with van der Waals surface area (Å²) in [5, 5.41) is 0. The number of rotatable bonds is 4. The van der Waals surface area contributed by atoms with Crippen molar-refractivity contribution in [2.45, 2.75) is 0 Å². The van der Waals surface area contributed by atoms with Gasteiger partial charge in [0.1, 0.15) is 0 Å². The van der Waals surface area contributed by atoms with Crippen LogP contribution in [0.2, 0.25) is 0 Å². The maximum absolute atomic E-state index is 10.6. The zero-order valence-electron chi connectivity index (χ0n) is 8.42. The summed E-state index contributed by atoms with van der Waals surface area (Å²) >= 11 is 0. The monoisotopic (exact) mass is 213 g/mol. The third-order valence-electron chi connectivity index (χ3n) is 1.97. The highest BCUT2D eigenvalue weighted by Gasteiger charge is 2.03. The van der Waals surface area contributed by atoms with Crippen molar-refractivity contribution in [2.24, 2.45) is 0 Å².